The molecule has 0 saturated carbocycles. The van der Waals surface area contributed by atoms with E-state index < -0.39 is 9.05 Å². The molecule has 0 heterocycles. The Labute approximate surface area is 98.5 Å². The fourth-order valence-electron chi connectivity index (χ4n) is 1.00. The average Bonchev–Trinajstić information content (AvgIpc) is 2.24. The smallest absolute Gasteiger partial charge is 0.266 e. The fraction of sp³-hybridized carbons (Fsp3) is 0.222. The molecule has 7 heteroatoms. The summed E-state index contributed by atoms with van der Waals surface area (Å²) in [4.78, 5) is 11.4. The zero-order valence-electron chi connectivity index (χ0n) is 8.29. The van der Waals surface area contributed by atoms with E-state index in [1.165, 1.54) is 0 Å². The van der Waals surface area contributed by atoms with Gasteiger partial charge in [-0.05, 0) is 12.1 Å². The minimum atomic E-state index is -3.60. The van der Waals surface area contributed by atoms with Gasteiger partial charge in [0.1, 0.15) is 0 Å². The predicted molar refractivity (Wildman–Crippen MR) is 62.9 cm³/mol. The number of nitrogens with one attached hydrogen (secondary N) is 1. The van der Waals surface area contributed by atoms with Crippen LogP contribution in [-0.2, 0) is 24.4 Å². The van der Waals surface area contributed by atoms with Crippen LogP contribution in [0.1, 0.15) is 10.4 Å². The quantitative estimate of drug-likeness (QED) is 0.758. The molecule has 1 aromatic carbocycles. The molecule has 88 valence electrons. The fourth-order valence-corrected chi connectivity index (χ4v) is 1.50. The Balaban J connectivity index is 2.32. The topological polar surface area (TPSA) is 75.6 Å². The molecule has 2 N–H and O–H groups in total. The molecular weight excluding hydrogens is 250 g/mol. The largest absolute Gasteiger partial charge is 0.350 e. The van der Waals surface area contributed by atoms with Gasteiger partial charge >= 0.3 is 0 Å². The maximum atomic E-state index is 11.4. The lowest BCUT2D eigenvalue weighted by Gasteiger charge is -2.05. The molecule has 0 aliphatic heterocycles. The van der Waals surface area contributed by atoms with E-state index >= 15 is 0 Å². The normalized spacial score (nSPS) is 14.1. The van der Waals surface area contributed by atoms with Crippen LogP contribution in [0.25, 0.3) is 0 Å². The molecule has 1 atom stereocenters. The molecule has 5 nitrogen and oxygen atoms in total. The second-order valence-electron chi connectivity index (χ2n) is 2.87. The Kier molecular flexibility index (Phi) is 4.81. The summed E-state index contributed by atoms with van der Waals surface area (Å²) in [5, 5.41) is 2.52. The van der Waals surface area contributed by atoms with Gasteiger partial charge in [-0.25, -0.2) is 0 Å². The van der Waals surface area contributed by atoms with Gasteiger partial charge in [0.15, 0.2) is 0 Å². The zero-order valence-corrected chi connectivity index (χ0v) is 9.92. The van der Waals surface area contributed by atoms with Crippen LogP contribution >= 0.6 is 0 Å². The maximum absolute atomic E-state index is 11.4. The Bertz CT molecular complexity index is 444. The van der Waals surface area contributed by atoms with Gasteiger partial charge in [-0.1, -0.05) is 18.2 Å². The van der Waals surface area contributed by atoms with Gasteiger partial charge in [-0.2, -0.15) is 4.21 Å². The summed E-state index contributed by atoms with van der Waals surface area (Å²) < 4.78 is 23.5. The molecule has 1 rings (SSSR count). The second-order valence-corrected chi connectivity index (χ2v) is 5.23. The molecule has 1 unspecified atom stereocenters. The highest BCUT2D eigenvalue weighted by molar-refractivity contribution is 8.27. The van der Waals surface area contributed by atoms with Gasteiger partial charge in [0.05, 0.1) is 6.61 Å². The SMILES string of the molecule is O=C(NCCOS(=O)(O)=S)c1ccccc1. The first-order valence-corrected chi connectivity index (χ1v) is 6.80. The van der Waals surface area contributed by atoms with Crippen molar-refractivity contribution in [3.8, 4) is 0 Å². The maximum Gasteiger partial charge on any atom is 0.266 e. The van der Waals surface area contributed by atoms with Gasteiger partial charge in [0.25, 0.3) is 15.0 Å². The highest BCUT2D eigenvalue weighted by Gasteiger charge is 2.04. The van der Waals surface area contributed by atoms with Crippen LogP contribution in [0, 0.1) is 0 Å². The summed E-state index contributed by atoms with van der Waals surface area (Å²) in [6, 6.07) is 8.62. The molecule has 16 heavy (non-hydrogen) atoms. The second kappa shape index (κ2) is 5.90. The van der Waals surface area contributed by atoms with E-state index in [4.69, 9.17) is 4.55 Å². The molecule has 0 saturated heterocycles. The Morgan fingerprint density at radius 3 is 2.62 bits per heavy atom. The Morgan fingerprint density at radius 1 is 1.44 bits per heavy atom. The highest BCUT2D eigenvalue weighted by atomic mass is 32.9. The van der Waals surface area contributed by atoms with Gasteiger partial charge in [0, 0.05) is 23.3 Å². The van der Waals surface area contributed by atoms with Crippen molar-refractivity contribution in [2.75, 3.05) is 13.2 Å². The number of benzene rings is 1. The van der Waals surface area contributed by atoms with Crippen molar-refractivity contribution in [2.45, 2.75) is 0 Å². The van der Waals surface area contributed by atoms with Crippen molar-refractivity contribution < 1.29 is 17.7 Å². The average molecular weight is 261 g/mol. The van der Waals surface area contributed by atoms with Crippen molar-refractivity contribution in [3.63, 3.8) is 0 Å². The highest BCUT2D eigenvalue weighted by Crippen LogP contribution is 1.97. The number of carbonyl (C=O) groups is 1. The van der Waals surface area contributed by atoms with Crippen molar-refractivity contribution in [1.29, 1.82) is 0 Å². The molecule has 0 aliphatic rings. The van der Waals surface area contributed by atoms with Crippen molar-refractivity contribution in [2.24, 2.45) is 0 Å². The van der Waals surface area contributed by atoms with Gasteiger partial charge < -0.3 is 5.32 Å². The first-order chi connectivity index (χ1) is 7.49. The van der Waals surface area contributed by atoms with E-state index in [1.54, 1.807) is 30.3 Å². The van der Waals surface area contributed by atoms with E-state index in [1.807, 2.05) is 0 Å². The third kappa shape index (κ3) is 5.17. The van der Waals surface area contributed by atoms with Crippen molar-refractivity contribution in [1.82, 2.24) is 5.32 Å². The third-order valence-corrected chi connectivity index (χ3v) is 2.41. The molecule has 0 fully saturated rings. The molecule has 0 aromatic heterocycles. The van der Waals surface area contributed by atoms with Crippen LogP contribution in [0.5, 0.6) is 0 Å². The minimum Gasteiger partial charge on any atom is -0.350 e. The van der Waals surface area contributed by atoms with E-state index in [-0.39, 0.29) is 19.1 Å². The summed E-state index contributed by atoms with van der Waals surface area (Å²) in [5.74, 6) is -0.266. The van der Waals surface area contributed by atoms with Crippen LogP contribution in [-0.4, -0.2) is 27.8 Å². The van der Waals surface area contributed by atoms with Crippen molar-refractivity contribution >= 4 is 26.1 Å². The first-order valence-electron chi connectivity index (χ1n) is 4.44. The van der Waals surface area contributed by atoms with Gasteiger partial charge in [0.2, 0.25) is 0 Å². The molecular formula is C9H11NO4S2. The molecule has 0 aliphatic carbocycles. The lowest BCUT2D eigenvalue weighted by molar-refractivity contribution is 0.0947. The summed E-state index contributed by atoms with van der Waals surface area (Å²) in [5.41, 5.74) is 0.519. The van der Waals surface area contributed by atoms with E-state index in [0.29, 0.717) is 5.56 Å². The molecule has 0 bridgehead atoms. The minimum absolute atomic E-state index is 0.0998. The van der Waals surface area contributed by atoms with Gasteiger partial charge in [-0.3, -0.25) is 13.5 Å². The lowest BCUT2D eigenvalue weighted by atomic mass is 10.2. The van der Waals surface area contributed by atoms with Crippen LogP contribution in [0.2, 0.25) is 0 Å². The van der Waals surface area contributed by atoms with Crippen molar-refractivity contribution in [3.05, 3.63) is 35.9 Å². The lowest BCUT2D eigenvalue weighted by Crippen LogP contribution is -2.27. The third-order valence-electron chi connectivity index (χ3n) is 1.66. The molecule has 0 spiro atoms. The number of hydrogen-bond donors (Lipinski definition) is 2. The molecule has 1 aromatic rings. The Hall–Kier alpha value is -1.02. The number of amides is 1. The predicted octanol–water partition coefficient (Wildman–Crippen LogP) is 0.567. The standard InChI is InChI=1S/C9H11NO4S2/c11-9(8-4-2-1-3-5-8)10-6-7-14-16(12,13)15/h1-5H,6-7H2,(H,10,11)(H,12,13,15). The first kappa shape index (κ1) is 13.0. The summed E-state index contributed by atoms with van der Waals surface area (Å²) in [6.07, 6.45) is 0. The number of rotatable bonds is 5. The zero-order chi connectivity index (χ0) is 12.0. The Morgan fingerprint density at radius 2 is 2.06 bits per heavy atom. The van der Waals surface area contributed by atoms with Crippen LogP contribution in [0.4, 0.5) is 0 Å². The van der Waals surface area contributed by atoms with E-state index in [2.05, 4.69) is 20.7 Å². The summed E-state index contributed by atoms with van der Waals surface area (Å²) in [6.45, 7) is 0.0271. The monoisotopic (exact) mass is 261 g/mol. The summed E-state index contributed by atoms with van der Waals surface area (Å²) in [7, 11) is -3.60. The van der Waals surface area contributed by atoms with Crippen LogP contribution in [0.15, 0.2) is 30.3 Å². The molecule has 0 radical (unpaired) electrons. The summed E-state index contributed by atoms with van der Waals surface area (Å²) >= 11 is 4.11. The van der Waals surface area contributed by atoms with E-state index in [0.717, 1.165) is 0 Å². The number of hydrogen-bond acceptors (Lipinski definition) is 4. The van der Waals surface area contributed by atoms with Crippen LogP contribution < -0.4 is 5.32 Å². The molecule has 1 amide bonds. The van der Waals surface area contributed by atoms with E-state index in [9.17, 15) is 9.00 Å². The number of carbonyl (C=O) groups excluding carboxylic acids is 1. The van der Waals surface area contributed by atoms with Crippen LogP contribution in [0.3, 0.4) is 0 Å². The van der Waals surface area contributed by atoms with Gasteiger partial charge in [-0.15, -0.1) is 0 Å².